The van der Waals surface area contributed by atoms with Gasteiger partial charge in [0.1, 0.15) is 0 Å². The van der Waals surface area contributed by atoms with Crippen molar-refractivity contribution in [3.63, 3.8) is 0 Å². The minimum absolute atomic E-state index is 0.246. The summed E-state index contributed by atoms with van der Waals surface area (Å²) in [4.78, 5) is 13.2. The van der Waals surface area contributed by atoms with Crippen molar-refractivity contribution in [3.8, 4) is 16.9 Å². The standard InChI is InChI=1S/C25H18N4O/c30-25-24(27-26-22-17-9-13-18-10-7-8-16-21(18)22)23(19-11-3-1-4-12-19)28-29(25)20-14-5-2-6-15-20/h1-17,28H. The van der Waals surface area contributed by atoms with E-state index in [2.05, 4.69) is 15.3 Å². The third kappa shape index (κ3) is 3.22. The summed E-state index contributed by atoms with van der Waals surface area (Å²) < 4.78 is 1.50. The van der Waals surface area contributed by atoms with Crippen LogP contribution in [0.1, 0.15) is 0 Å². The molecular weight excluding hydrogens is 372 g/mol. The molecule has 0 aliphatic carbocycles. The van der Waals surface area contributed by atoms with Crippen molar-refractivity contribution < 1.29 is 0 Å². The molecule has 1 N–H and O–H groups in total. The van der Waals surface area contributed by atoms with E-state index in [1.807, 2.05) is 103 Å². The van der Waals surface area contributed by atoms with Gasteiger partial charge in [0.25, 0.3) is 5.56 Å². The number of azo groups is 1. The third-order valence-corrected chi connectivity index (χ3v) is 4.97. The molecule has 0 amide bonds. The monoisotopic (exact) mass is 390 g/mol. The molecule has 144 valence electrons. The molecule has 0 saturated carbocycles. The van der Waals surface area contributed by atoms with E-state index in [0.717, 1.165) is 27.7 Å². The van der Waals surface area contributed by atoms with Crippen LogP contribution in [0.4, 0.5) is 11.4 Å². The molecule has 0 aliphatic rings. The Bertz CT molecular complexity index is 1390. The summed E-state index contributed by atoms with van der Waals surface area (Å²) in [6.45, 7) is 0. The summed E-state index contributed by atoms with van der Waals surface area (Å²) in [5.74, 6) is 0. The quantitative estimate of drug-likeness (QED) is 0.355. The molecule has 5 rings (SSSR count). The molecule has 4 aromatic carbocycles. The highest BCUT2D eigenvalue weighted by atomic mass is 16.1. The zero-order valence-corrected chi connectivity index (χ0v) is 16.1. The second kappa shape index (κ2) is 7.64. The number of benzene rings is 4. The van der Waals surface area contributed by atoms with Crippen LogP contribution >= 0.6 is 0 Å². The highest BCUT2D eigenvalue weighted by Gasteiger charge is 2.16. The Hall–Kier alpha value is -4.25. The molecule has 0 aliphatic heterocycles. The van der Waals surface area contributed by atoms with Crippen molar-refractivity contribution >= 4 is 22.1 Å². The van der Waals surface area contributed by atoms with Crippen molar-refractivity contribution in [2.75, 3.05) is 0 Å². The van der Waals surface area contributed by atoms with Gasteiger partial charge in [-0.15, -0.1) is 10.2 Å². The zero-order valence-electron chi connectivity index (χ0n) is 16.1. The van der Waals surface area contributed by atoms with Gasteiger partial charge >= 0.3 is 0 Å². The number of H-pyrrole nitrogens is 1. The predicted octanol–water partition coefficient (Wildman–Crippen LogP) is 6.40. The number of nitrogens with zero attached hydrogens (tertiary/aromatic N) is 3. The van der Waals surface area contributed by atoms with Gasteiger partial charge in [-0.05, 0) is 23.6 Å². The topological polar surface area (TPSA) is 62.5 Å². The first kappa shape index (κ1) is 17.8. The Morgan fingerprint density at radius 3 is 2.13 bits per heavy atom. The molecule has 1 aromatic heterocycles. The van der Waals surface area contributed by atoms with Gasteiger partial charge in [0.05, 0.1) is 17.1 Å². The van der Waals surface area contributed by atoms with Crippen LogP contribution in [0.5, 0.6) is 0 Å². The van der Waals surface area contributed by atoms with E-state index < -0.39 is 0 Å². The van der Waals surface area contributed by atoms with Crippen LogP contribution in [0.2, 0.25) is 0 Å². The van der Waals surface area contributed by atoms with Crippen molar-refractivity contribution in [3.05, 3.63) is 113 Å². The molecule has 0 unspecified atom stereocenters. The van der Waals surface area contributed by atoms with Crippen LogP contribution in [0.25, 0.3) is 27.7 Å². The number of nitrogens with one attached hydrogen (secondary N) is 1. The first-order chi connectivity index (χ1) is 14.8. The van der Waals surface area contributed by atoms with Crippen LogP contribution in [0.15, 0.2) is 118 Å². The minimum Gasteiger partial charge on any atom is -0.288 e. The summed E-state index contributed by atoms with van der Waals surface area (Å²) in [6, 6.07) is 33.0. The lowest BCUT2D eigenvalue weighted by atomic mass is 10.1. The average molecular weight is 390 g/mol. The number of aromatic nitrogens is 2. The van der Waals surface area contributed by atoms with Gasteiger partial charge in [-0.25, -0.2) is 4.68 Å². The van der Waals surface area contributed by atoms with Crippen LogP contribution in [0.3, 0.4) is 0 Å². The second-order valence-electron chi connectivity index (χ2n) is 6.88. The molecule has 5 nitrogen and oxygen atoms in total. The average Bonchev–Trinajstić information content (AvgIpc) is 3.15. The summed E-state index contributed by atoms with van der Waals surface area (Å²) in [7, 11) is 0. The van der Waals surface area contributed by atoms with E-state index in [0.29, 0.717) is 5.69 Å². The van der Waals surface area contributed by atoms with Crippen molar-refractivity contribution in [1.29, 1.82) is 0 Å². The lowest BCUT2D eigenvalue weighted by Gasteiger charge is -2.01. The summed E-state index contributed by atoms with van der Waals surface area (Å²) in [5.41, 5.74) is 3.00. The Morgan fingerprint density at radius 2 is 1.33 bits per heavy atom. The molecule has 30 heavy (non-hydrogen) atoms. The number of fused-ring (bicyclic) bond motifs is 1. The Kier molecular flexibility index (Phi) is 4.54. The van der Waals surface area contributed by atoms with E-state index in [9.17, 15) is 4.79 Å². The van der Waals surface area contributed by atoms with Crippen molar-refractivity contribution in [1.82, 2.24) is 9.78 Å². The normalized spacial score (nSPS) is 11.3. The Morgan fingerprint density at radius 1 is 0.667 bits per heavy atom. The number of hydrogen-bond acceptors (Lipinski definition) is 3. The lowest BCUT2D eigenvalue weighted by molar-refractivity contribution is 0.852. The Balaban J connectivity index is 1.68. The van der Waals surface area contributed by atoms with Gasteiger partial charge in [-0.1, -0.05) is 84.9 Å². The smallest absolute Gasteiger partial charge is 0.288 e. The fraction of sp³-hybridized carbons (Fsp3) is 0. The molecule has 0 saturated heterocycles. The van der Waals surface area contributed by atoms with Gasteiger partial charge in [0.15, 0.2) is 5.69 Å². The summed E-state index contributed by atoms with van der Waals surface area (Å²) in [5, 5.41) is 14.1. The molecule has 0 atom stereocenters. The molecule has 0 fully saturated rings. The molecule has 0 radical (unpaired) electrons. The number of aromatic amines is 1. The number of rotatable bonds is 4. The largest absolute Gasteiger partial charge is 0.299 e. The van der Waals surface area contributed by atoms with Crippen LogP contribution in [-0.4, -0.2) is 9.78 Å². The zero-order chi connectivity index (χ0) is 20.3. The van der Waals surface area contributed by atoms with Gasteiger partial charge in [-0.3, -0.25) is 9.89 Å². The number of hydrogen-bond donors (Lipinski definition) is 1. The maximum atomic E-state index is 13.2. The fourth-order valence-corrected chi connectivity index (χ4v) is 3.49. The predicted molar refractivity (Wildman–Crippen MR) is 120 cm³/mol. The molecule has 5 aromatic rings. The van der Waals surface area contributed by atoms with Crippen LogP contribution < -0.4 is 5.56 Å². The van der Waals surface area contributed by atoms with E-state index in [4.69, 9.17) is 0 Å². The van der Waals surface area contributed by atoms with Crippen LogP contribution in [0, 0.1) is 0 Å². The lowest BCUT2D eigenvalue weighted by Crippen LogP contribution is -2.13. The SMILES string of the molecule is O=c1c(N=Nc2cccc3ccccc23)c(-c2ccccc2)[nH]n1-c1ccccc1. The molecule has 0 spiro atoms. The van der Waals surface area contributed by atoms with Gasteiger partial charge in [0, 0.05) is 10.9 Å². The third-order valence-electron chi connectivity index (χ3n) is 4.97. The van der Waals surface area contributed by atoms with E-state index in [1.54, 1.807) is 0 Å². The van der Waals surface area contributed by atoms with Gasteiger partial charge in [-0.2, -0.15) is 0 Å². The van der Waals surface area contributed by atoms with E-state index in [1.165, 1.54) is 4.68 Å². The Labute approximate surface area is 172 Å². The number of para-hydroxylation sites is 1. The van der Waals surface area contributed by atoms with Crippen molar-refractivity contribution in [2.24, 2.45) is 10.2 Å². The highest BCUT2D eigenvalue weighted by molar-refractivity contribution is 5.92. The van der Waals surface area contributed by atoms with Gasteiger partial charge < -0.3 is 0 Å². The maximum Gasteiger partial charge on any atom is 0.299 e. The highest BCUT2D eigenvalue weighted by Crippen LogP contribution is 2.30. The minimum atomic E-state index is -0.246. The summed E-state index contributed by atoms with van der Waals surface area (Å²) in [6.07, 6.45) is 0. The van der Waals surface area contributed by atoms with Gasteiger partial charge in [0.2, 0.25) is 0 Å². The summed E-state index contributed by atoms with van der Waals surface area (Å²) >= 11 is 0. The van der Waals surface area contributed by atoms with Crippen LogP contribution in [-0.2, 0) is 0 Å². The maximum absolute atomic E-state index is 13.2. The molecule has 5 heteroatoms. The van der Waals surface area contributed by atoms with E-state index >= 15 is 0 Å². The second-order valence-corrected chi connectivity index (χ2v) is 6.88. The van der Waals surface area contributed by atoms with Crippen molar-refractivity contribution in [2.45, 2.75) is 0 Å². The molecule has 1 heterocycles. The molecule has 0 bridgehead atoms. The first-order valence-electron chi connectivity index (χ1n) is 9.66. The first-order valence-corrected chi connectivity index (χ1v) is 9.66. The van der Waals surface area contributed by atoms with E-state index in [-0.39, 0.29) is 11.2 Å². The fourth-order valence-electron chi connectivity index (χ4n) is 3.49. The molecular formula is C25H18N4O.